The van der Waals surface area contributed by atoms with Crippen LogP contribution in [0.2, 0.25) is 0 Å². The molecule has 0 radical (unpaired) electrons. The van der Waals surface area contributed by atoms with Crippen molar-refractivity contribution in [2.24, 2.45) is 10.2 Å². The summed E-state index contributed by atoms with van der Waals surface area (Å²) in [4.78, 5) is 27.2. The van der Waals surface area contributed by atoms with Crippen LogP contribution in [0.1, 0.15) is 5.56 Å². The SMILES string of the molecule is COC(=O)/C=C1/S/C(=N\N=Cc2ccc(F)c3cccnc23)NC1=O. The average Bonchev–Trinajstić information content (AvgIpc) is 2.96. The lowest BCUT2D eigenvalue weighted by Gasteiger charge is -2.01. The van der Waals surface area contributed by atoms with Crippen molar-refractivity contribution < 1.29 is 18.7 Å². The molecule has 2 aromatic rings. The molecule has 1 fully saturated rings. The highest BCUT2D eigenvalue weighted by atomic mass is 32.2. The van der Waals surface area contributed by atoms with E-state index in [0.29, 0.717) is 16.5 Å². The molecule has 2 heterocycles. The number of fused-ring (bicyclic) bond motifs is 1. The van der Waals surface area contributed by atoms with Gasteiger partial charge in [-0.05, 0) is 36.0 Å². The van der Waals surface area contributed by atoms with Crippen LogP contribution in [-0.4, -0.2) is 35.4 Å². The van der Waals surface area contributed by atoms with Gasteiger partial charge < -0.3 is 4.74 Å². The first-order valence-electron chi connectivity index (χ1n) is 7.01. The number of pyridine rings is 1. The predicted molar refractivity (Wildman–Crippen MR) is 92.6 cm³/mol. The van der Waals surface area contributed by atoms with Crippen molar-refractivity contribution in [3.05, 3.63) is 52.8 Å². The molecule has 1 aromatic carbocycles. The number of hydrogen-bond acceptors (Lipinski definition) is 7. The number of carbonyl (C=O) groups is 2. The summed E-state index contributed by atoms with van der Waals surface area (Å²) >= 11 is 0.964. The fourth-order valence-corrected chi connectivity index (χ4v) is 2.79. The second-order valence-corrected chi connectivity index (χ2v) is 5.80. The van der Waals surface area contributed by atoms with Crippen LogP contribution in [0.5, 0.6) is 0 Å². The second-order valence-electron chi connectivity index (χ2n) is 4.77. The molecule has 25 heavy (non-hydrogen) atoms. The number of nitrogens with one attached hydrogen (secondary N) is 1. The van der Waals surface area contributed by atoms with Crippen LogP contribution < -0.4 is 5.32 Å². The number of hydrogen-bond donors (Lipinski definition) is 1. The van der Waals surface area contributed by atoms with Gasteiger partial charge >= 0.3 is 5.97 Å². The number of nitrogens with zero attached hydrogens (tertiary/aromatic N) is 3. The van der Waals surface area contributed by atoms with Gasteiger partial charge in [0.2, 0.25) is 0 Å². The number of thioether (sulfide) groups is 1. The third-order valence-electron chi connectivity index (χ3n) is 3.19. The van der Waals surface area contributed by atoms with E-state index in [1.54, 1.807) is 18.3 Å². The van der Waals surface area contributed by atoms with E-state index in [2.05, 4.69) is 25.2 Å². The molecule has 1 aromatic heterocycles. The Hall–Kier alpha value is -3.07. The number of amides is 1. The molecule has 1 saturated heterocycles. The normalized spacial score (nSPS) is 17.6. The summed E-state index contributed by atoms with van der Waals surface area (Å²) in [7, 11) is 1.22. The molecule has 0 atom stereocenters. The monoisotopic (exact) mass is 358 g/mol. The molecule has 0 spiro atoms. The van der Waals surface area contributed by atoms with Gasteiger partial charge in [-0.1, -0.05) is 0 Å². The number of amidine groups is 1. The molecule has 126 valence electrons. The van der Waals surface area contributed by atoms with Gasteiger partial charge in [-0.25, -0.2) is 9.18 Å². The van der Waals surface area contributed by atoms with E-state index in [1.807, 2.05) is 0 Å². The third-order valence-corrected chi connectivity index (χ3v) is 4.09. The fourth-order valence-electron chi connectivity index (χ4n) is 2.05. The van der Waals surface area contributed by atoms with E-state index >= 15 is 0 Å². The van der Waals surface area contributed by atoms with E-state index in [1.165, 1.54) is 25.5 Å². The second kappa shape index (κ2) is 7.22. The van der Waals surface area contributed by atoms with Crippen molar-refractivity contribution in [2.45, 2.75) is 0 Å². The van der Waals surface area contributed by atoms with E-state index in [0.717, 1.165) is 17.8 Å². The van der Waals surface area contributed by atoms with E-state index < -0.39 is 11.9 Å². The van der Waals surface area contributed by atoms with Crippen LogP contribution in [0.25, 0.3) is 10.9 Å². The van der Waals surface area contributed by atoms with Crippen LogP contribution in [0.15, 0.2) is 51.6 Å². The molecular formula is C16H11FN4O3S. The van der Waals surface area contributed by atoms with E-state index in [9.17, 15) is 14.0 Å². The maximum atomic E-state index is 13.7. The number of ether oxygens (including phenoxy) is 1. The molecule has 3 rings (SSSR count). The van der Waals surface area contributed by atoms with Gasteiger partial charge in [0, 0.05) is 23.2 Å². The largest absolute Gasteiger partial charge is 0.466 e. The molecule has 1 amide bonds. The van der Waals surface area contributed by atoms with Crippen LogP contribution >= 0.6 is 11.8 Å². The highest BCUT2D eigenvalue weighted by Gasteiger charge is 2.25. The number of rotatable bonds is 3. The smallest absolute Gasteiger partial charge is 0.331 e. The first-order valence-corrected chi connectivity index (χ1v) is 7.83. The molecule has 1 N–H and O–H groups in total. The van der Waals surface area contributed by atoms with Gasteiger partial charge in [0.25, 0.3) is 5.91 Å². The minimum Gasteiger partial charge on any atom is -0.466 e. The van der Waals surface area contributed by atoms with E-state index in [-0.39, 0.29) is 15.9 Å². The molecule has 0 aliphatic carbocycles. The number of benzene rings is 1. The maximum absolute atomic E-state index is 13.7. The first kappa shape index (κ1) is 16.8. The lowest BCUT2D eigenvalue weighted by atomic mass is 10.1. The molecule has 0 bridgehead atoms. The summed E-state index contributed by atoms with van der Waals surface area (Å²) in [5, 5.41) is 10.9. The lowest BCUT2D eigenvalue weighted by Crippen LogP contribution is -2.19. The zero-order chi connectivity index (χ0) is 17.8. The Morgan fingerprint density at radius 2 is 2.24 bits per heavy atom. The Morgan fingerprint density at radius 3 is 3.04 bits per heavy atom. The van der Waals surface area contributed by atoms with Crippen LogP contribution in [-0.2, 0) is 14.3 Å². The average molecular weight is 358 g/mol. The Balaban J connectivity index is 1.81. The molecule has 9 heteroatoms. The van der Waals surface area contributed by atoms with Gasteiger partial charge in [-0.3, -0.25) is 15.1 Å². The molecule has 0 unspecified atom stereocenters. The van der Waals surface area contributed by atoms with Gasteiger partial charge in [-0.2, -0.15) is 5.10 Å². The molecule has 1 aliphatic rings. The third kappa shape index (κ3) is 3.72. The first-order chi connectivity index (χ1) is 12.1. The van der Waals surface area contributed by atoms with Crippen molar-refractivity contribution in [1.82, 2.24) is 10.3 Å². The quantitative estimate of drug-likeness (QED) is 0.392. The van der Waals surface area contributed by atoms with Crippen LogP contribution in [0.4, 0.5) is 4.39 Å². The van der Waals surface area contributed by atoms with Crippen LogP contribution in [0, 0.1) is 5.82 Å². The zero-order valence-electron chi connectivity index (χ0n) is 12.9. The summed E-state index contributed by atoms with van der Waals surface area (Å²) in [6.45, 7) is 0. The molecule has 7 nitrogen and oxygen atoms in total. The van der Waals surface area contributed by atoms with Crippen molar-refractivity contribution >= 4 is 45.9 Å². The highest BCUT2D eigenvalue weighted by Crippen LogP contribution is 2.23. The number of aromatic nitrogens is 1. The Morgan fingerprint density at radius 1 is 1.40 bits per heavy atom. The van der Waals surface area contributed by atoms with Crippen molar-refractivity contribution in [2.75, 3.05) is 7.11 Å². The predicted octanol–water partition coefficient (Wildman–Crippen LogP) is 1.98. The molecule has 0 saturated carbocycles. The minimum absolute atomic E-state index is 0.162. The number of esters is 1. The van der Waals surface area contributed by atoms with E-state index in [4.69, 9.17) is 0 Å². The Bertz CT molecular complexity index is 956. The van der Waals surface area contributed by atoms with Crippen molar-refractivity contribution in [3.8, 4) is 0 Å². The topological polar surface area (TPSA) is 93.0 Å². The van der Waals surface area contributed by atoms with Gasteiger partial charge in [0.1, 0.15) is 5.82 Å². The van der Waals surface area contributed by atoms with Crippen molar-refractivity contribution in [1.29, 1.82) is 0 Å². The van der Waals surface area contributed by atoms with Crippen LogP contribution in [0.3, 0.4) is 0 Å². The standard InChI is InChI=1S/C16H11FN4O3S/c1-24-13(22)7-12-15(23)20-16(25-12)21-19-8-9-4-5-11(17)10-3-2-6-18-14(9)10/h2-8H,1H3,(H,20,21,23)/b12-7+,19-8?. The minimum atomic E-state index is -0.633. The summed E-state index contributed by atoms with van der Waals surface area (Å²) in [6, 6.07) is 6.13. The van der Waals surface area contributed by atoms with Crippen molar-refractivity contribution in [3.63, 3.8) is 0 Å². The summed E-state index contributed by atoms with van der Waals surface area (Å²) < 4.78 is 18.2. The zero-order valence-corrected chi connectivity index (χ0v) is 13.7. The Kier molecular flexibility index (Phi) is 4.85. The number of carbonyl (C=O) groups excluding carboxylic acids is 2. The van der Waals surface area contributed by atoms with Gasteiger partial charge in [0.05, 0.1) is 23.7 Å². The summed E-state index contributed by atoms with van der Waals surface area (Å²) in [5.74, 6) is -1.47. The van der Waals surface area contributed by atoms with Gasteiger partial charge in [-0.15, -0.1) is 5.10 Å². The summed E-state index contributed by atoms with van der Waals surface area (Å²) in [6.07, 6.45) is 4.04. The van der Waals surface area contributed by atoms with Gasteiger partial charge in [0.15, 0.2) is 5.17 Å². The highest BCUT2D eigenvalue weighted by molar-refractivity contribution is 8.18. The lowest BCUT2D eigenvalue weighted by molar-refractivity contribution is -0.135. The molecule has 1 aliphatic heterocycles. The molecular weight excluding hydrogens is 347 g/mol. The maximum Gasteiger partial charge on any atom is 0.331 e. The number of halogens is 1. The Labute approximate surface area is 145 Å². The fraction of sp³-hybridized carbons (Fsp3) is 0.0625. The summed E-state index contributed by atoms with van der Waals surface area (Å²) in [5.41, 5.74) is 1.04. The number of methoxy groups -OCH3 is 1.